The van der Waals surface area contributed by atoms with Crippen LogP contribution in [0.3, 0.4) is 0 Å². The van der Waals surface area contributed by atoms with Gasteiger partial charge in [0.15, 0.2) is 11.6 Å². The molecule has 0 radical (unpaired) electrons. The van der Waals surface area contributed by atoms with Crippen LogP contribution in [0.4, 0.5) is 4.39 Å². The summed E-state index contributed by atoms with van der Waals surface area (Å²) >= 11 is 0. The average Bonchev–Trinajstić information content (AvgIpc) is 2.26. The first-order chi connectivity index (χ1) is 7.54. The third-order valence-corrected chi connectivity index (χ3v) is 2.70. The first-order valence-electron chi connectivity index (χ1n) is 5.72. The lowest BCUT2D eigenvalue weighted by Gasteiger charge is -2.13. The topological polar surface area (TPSA) is 35.2 Å². The van der Waals surface area contributed by atoms with Crippen molar-refractivity contribution in [1.82, 2.24) is 0 Å². The molecule has 0 aromatic heterocycles. The minimum absolute atomic E-state index is 0.155. The van der Waals surface area contributed by atoms with E-state index in [1.165, 1.54) is 6.07 Å². The predicted octanol–water partition coefficient (Wildman–Crippen LogP) is 3.27. The highest BCUT2D eigenvalue weighted by molar-refractivity contribution is 5.30. The van der Waals surface area contributed by atoms with Crippen molar-refractivity contribution in [3.05, 3.63) is 29.6 Å². The molecule has 1 aromatic rings. The van der Waals surface area contributed by atoms with Crippen molar-refractivity contribution in [3.8, 4) is 5.75 Å². The number of hydrogen-bond acceptors (Lipinski definition) is 2. The molecule has 0 spiro atoms. The maximum atomic E-state index is 13.6. The number of nitrogens with two attached hydrogens (primary N) is 1. The van der Waals surface area contributed by atoms with Crippen LogP contribution in [-0.2, 0) is 0 Å². The molecule has 16 heavy (non-hydrogen) atoms. The van der Waals surface area contributed by atoms with E-state index in [2.05, 4.69) is 13.8 Å². The highest BCUT2D eigenvalue weighted by Crippen LogP contribution is 2.21. The number of benzene rings is 1. The molecule has 0 aliphatic rings. The highest BCUT2D eigenvalue weighted by atomic mass is 19.1. The lowest BCUT2D eigenvalue weighted by molar-refractivity contribution is 0.246. The number of halogens is 1. The summed E-state index contributed by atoms with van der Waals surface area (Å²) in [5.41, 5.74) is 6.45. The fourth-order valence-corrected chi connectivity index (χ4v) is 1.27. The van der Waals surface area contributed by atoms with E-state index in [9.17, 15) is 4.39 Å². The van der Waals surface area contributed by atoms with E-state index in [-0.39, 0.29) is 11.9 Å². The van der Waals surface area contributed by atoms with E-state index in [0.717, 1.165) is 12.0 Å². The Morgan fingerprint density at radius 1 is 1.38 bits per heavy atom. The minimum atomic E-state index is -0.335. The van der Waals surface area contributed by atoms with Crippen LogP contribution in [0.5, 0.6) is 5.75 Å². The second-order valence-electron chi connectivity index (χ2n) is 4.30. The van der Waals surface area contributed by atoms with Crippen LogP contribution in [0.15, 0.2) is 18.2 Å². The van der Waals surface area contributed by atoms with Crippen molar-refractivity contribution in [1.29, 1.82) is 0 Å². The highest BCUT2D eigenvalue weighted by Gasteiger charge is 2.08. The van der Waals surface area contributed by atoms with Crippen LogP contribution < -0.4 is 10.5 Å². The van der Waals surface area contributed by atoms with E-state index in [1.807, 2.05) is 6.92 Å². The molecular weight excluding hydrogens is 205 g/mol. The largest absolute Gasteiger partial charge is 0.490 e. The Morgan fingerprint density at radius 2 is 2.06 bits per heavy atom. The summed E-state index contributed by atoms with van der Waals surface area (Å²) in [7, 11) is 0. The van der Waals surface area contributed by atoms with Gasteiger partial charge in [-0.25, -0.2) is 4.39 Å². The van der Waals surface area contributed by atoms with Gasteiger partial charge in [-0.1, -0.05) is 26.3 Å². The van der Waals surface area contributed by atoms with Gasteiger partial charge < -0.3 is 10.5 Å². The predicted molar refractivity (Wildman–Crippen MR) is 64.0 cm³/mol. The normalized spacial score (nSPS) is 14.6. The van der Waals surface area contributed by atoms with Crippen molar-refractivity contribution in [2.45, 2.75) is 33.2 Å². The maximum absolute atomic E-state index is 13.6. The molecule has 1 unspecified atom stereocenters. The van der Waals surface area contributed by atoms with Crippen LogP contribution >= 0.6 is 0 Å². The lowest BCUT2D eigenvalue weighted by atomic mass is 10.1. The fourth-order valence-electron chi connectivity index (χ4n) is 1.27. The Kier molecular flexibility index (Phi) is 4.74. The molecule has 90 valence electrons. The van der Waals surface area contributed by atoms with Gasteiger partial charge >= 0.3 is 0 Å². The monoisotopic (exact) mass is 225 g/mol. The Labute approximate surface area is 96.6 Å². The van der Waals surface area contributed by atoms with Crippen LogP contribution in [0.1, 0.15) is 38.8 Å². The minimum Gasteiger partial charge on any atom is -0.490 e. The molecule has 1 aromatic carbocycles. The van der Waals surface area contributed by atoms with Gasteiger partial charge in [0.05, 0.1) is 6.61 Å². The van der Waals surface area contributed by atoms with Crippen molar-refractivity contribution < 1.29 is 9.13 Å². The maximum Gasteiger partial charge on any atom is 0.165 e. The molecule has 0 saturated heterocycles. The zero-order valence-electron chi connectivity index (χ0n) is 10.2. The van der Waals surface area contributed by atoms with Gasteiger partial charge in [0.2, 0.25) is 0 Å². The summed E-state index contributed by atoms with van der Waals surface area (Å²) in [5.74, 6) is 0.412. The molecule has 0 amide bonds. The average molecular weight is 225 g/mol. The molecular formula is C13H20FNO. The Bertz CT molecular complexity index is 339. The van der Waals surface area contributed by atoms with Crippen LogP contribution in [-0.4, -0.2) is 6.61 Å². The molecule has 1 rings (SSSR count). The molecule has 0 fully saturated rings. The molecule has 0 aliphatic carbocycles. The van der Waals surface area contributed by atoms with E-state index < -0.39 is 0 Å². The van der Waals surface area contributed by atoms with Crippen molar-refractivity contribution in [2.24, 2.45) is 11.7 Å². The Morgan fingerprint density at radius 3 is 2.56 bits per heavy atom. The number of hydrogen-bond donors (Lipinski definition) is 1. The summed E-state index contributed by atoms with van der Waals surface area (Å²) in [6.07, 6.45) is 1.03. The Balaban J connectivity index is 2.68. The van der Waals surface area contributed by atoms with E-state index in [0.29, 0.717) is 18.3 Å². The van der Waals surface area contributed by atoms with Gasteiger partial charge in [0.25, 0.3) is 0 Å². The van der Waals surface area contributed by atoms with Crippen molar-refractivity contribution in [3.63, 3.8) is 0 Å². The summed E-state index contributed by atoms with van der Waals surface area (Å²) in [6, 6.07) is 4.74. The molecule has 0 bridgehead atoms. The molecule has 0 heterocycles. The van der Waals surface area contributed by atoms with E-state index in [1.54, 1.807) is 12.1 Å². The van der Waals surface area contributed by atoms with Gasteiger partial charge in [-0.2, -0.15) is 0 Å². The lowest BCUT2D eigenvalue weighted by Crippen LogP contribution is -2.09. The van der Waals surface area contributed by atoms with Crippen LogP contribution in [0.2, 0.25) is 0 Å². The molecule has 3 heteroatoms. The third kappa shape index (κ3) is 3.49. The quantitative estimate of drug-likeness (QED) is 0.834. The van der Waals surface area contributed by atoms with Crippen LogP contribution in [0.25, 0.3) is 0 Å². The summed E-state index contributed by atoms with van der Waals surface area (Å²) in [5, 5.41) is 0. The number of ether oxygens (including phenoxy) is 1. The number of rotatable bonds is 5. The first-order valence-corrected chi connectivity index (χ1v) is 5.72. The van der Waals surface area contributed by atoms with Gasteiger partial charge in [-0.15, -0.1) is 0 Å². The zero-order chi connectivity index (χ0) is 12.1. The van der Waals surface area contributed by atoms with E-state index in [4.69, 9.17) is 10.5 Å². The zero-order valence-corrected chi connectivity index (χ0v) is 10.2. The van der Waals surface area contributed by atoms with Gasteiger partial charge in [0, 0.05) is 6.04 Å². The van der Waals surface area contributed by atoms with E-state index >= 15 is 0 Å². The summed E-state index contributed by atoms with van der Waals surface area (Å²) < 4.78 is 19.0. The van der Waals surface area contributed by atoms with Crippen LogP contribution in [0, 0.1) is 11.7 Å². The fraction of sp³-hybridized carbons (Fsp3) is 0.538. The third-order valence-electron chi connectivity index (χ3n) is 2.70. The van der Waals surface area contributed by atoms with Crippen molar-refractivity contribution >= 4 is 0 Å². The van der Waals surface area contributed by atoms with Gasteiger partial charge in [0.1, 0.15) is 0 Å². The summed E-state index contributed by atoms with van der Waals surface area (Å²) in [6.45, 7) is 6.54. The molecule has 0 aliphatic heterocycles. The van der Waals surface area contributed by atoms with Crippen molar-refractivity contribution in [2.75, 3.05) is 6.61 Å². The SMILES string of the molecule is CCC(C)COc1ccc([C@@H](C)N)cc1F. The standard InChI is InChI=1S/C13H20FNO/c1-4-9(2)8-16-13-6-5-11(10(3)15)7-12(13)14/h5-7,9-10H,4,8,15H2,1-3H3/t9?,10-/m1/s1. The van der Waals surface area contributed by atoms with Gasteiger partial charge in [-0.05, 0) is 30.5 Å². The Hall–Kier alpha value is -1.09. The molecule has 2 N–H and O–H groups in total. The van der Waals surface area contributed by atoms with Gasteiger partial charge in [-0.3, -0.25) is 0 Å². The second-order valence-corrected chi connectivity index (χ2v) is 4.30. The molecule has 0 saturated carbocycles. The first kappa shape index (κ1) is 13.0. The second kappa shape index (κ2) is 5.85. The molecule has 2 atom stereocenters. The smallest absolute Gasteiger partial charge is 0.165 e. The summed E-state index contributed by atoms with van der Waals surface area (Å²) in [4.78, 5) is 0. The molecule has 2 nitrogen and oxygen atoms in total.